The van der Waals surface area contributed by atoms with Gasteiger partial charge in [-0.25, -0.2) is 0 Å². The first-order valence-electron chi connectivity index (χ1n) is 8.58. The van der Waals surface area contributed by atoms with Gasteiger partial charge in [0.15, 0.2) is 0 Å². The number of amides is 1. The third-order valence-electron chi connectivity index (χ3n) is 4.47. The minimum Gasteiger partial charge on any atom is -0.490 e. The molecule has 1 aromatic rings. The number of morpholine rings is 1. The van der Waals surface area contributed by atoms with Crippen molar-refractivity contribution in [2.24, 2.45) is 0 Å². The normalized spacial score (nSPS) is 21.8. The van der Waals surface area contributed by atoms with Gasteiger partial charge in [-0.2, -0.15) is 0 Å². The summed E-state index contributed by atoms with van der Waals surface area (Å²) in [5.74, 6) is -0.381. The van der Waals surface area contributed by atoms with Crippen LogP contribution < -0.4 is 4.74 Å². The molecule has 0 radical (unpaired) electrons. The average molecular weight is 349 g/mol. The molecule has 2 aliphatic heterocycles. The second-order valence-corrected chi connectivity index (χ2v) is 6.28. The van der Waals surface area contributed by atoms with E-state index in [9.17, 15) is 9.59 Å². The quantitative estimate of drug-likeness (QED) is 0.868. The molecule has 0 aromatic heterocycles. The van der Waals surface area contributed by atoms with Crippen molar-refractivity contribution < 1.29 is 28.9 Å². The fourth-order valence-corrected chi connectivity index (χ4v) is 3.12. The monoisotopic (exact) mass is 349 g/mol. The van der Waals surface area contributed by atoms with Gasteiger partial charge in [-0.3, -0.25) is 9.59 Å². The van der Waals surface area contributed by atoms with Crippen molar-refractivity contribution in [3.63, 3.8) is 0 Å². The summed E-state index contributed by atoms with van der Waals surface area (Å²) in [6.07, 6.45) is 1.77. The molecular formula is C18H23NO6. The van der Waals surface area contributed by atoms with Crippen LogP contribution in [0.25, 0.3) is 0 Å². The zero-order valence-corrected chi connectivity index (χ0v) is 14.1. The molecule has 2 saturated heterocycles. The van der Waals surface area contributed by atoms with Crippen LogP contribution in [0.1, 0.15) is 29.6 Å². The van der Waals surface area contributed by atoms with Crippen molar-refractivity contribution in [1.29, 1.82) is 0 Å². The first kappa shape index (κ1) is 17.7. The molecular weight excluding hydrogens is 326 g/mol. The van der Waals surface area contributed by atoms with Gasteiger partial charge in [-0.05, 0) is 24.3 Å². The number of aliphatic carboxylic acids is 1. The Hall–Kier alpha value is -2.12. The smallest absolute Gasteiger partial charge is 0.305 e. The summed E-state index contributed by atoms with van der Waals surface area (Å²) in [5.41, 5.74) is 0.525. The van der Waals surface area contributed by atoms with E-state index >= 15 is 0 Å². The molecule has 136 valence electrons. The number of benzene rings is 1. The number of carboxylic acid groups (broad SMARTS) is 1. The highest BCUT2D eigenvalue weighted by molar-refractivity contribution is 5.94. The van der Waals surface area contributed by atoms with Crippen LogP contribution >= 0.6 is 0 Å². The predicted molar refractivity (Wildman–Crippen MR) is 88.8 cm³/mol. The molecule has 0 saturated carbocycles. The minimum absolute atomic E-state index is 0.114. The highest BCUT2D eigenvalue weighted by Gasteiger charge is 2.29. The van der Waals surface area contributed by atoms with E-state index in [1.807, 2.05) is 0 Å². The van der Waals surface area contributed by atoms with Crippen LogP contribution in [0.15, 0.2) is 24.3 Å². The van der Waals surface area contributed by atoms with Crippen LogP contribution in [0, 0.1) is 0 Å². The largest absolute Gasteiger partial charge is 0.490 e. The number of carbonyl (C=O) groups is 2. The number of carbonyl (C=O) groups excluding carboxylic acids is 1. The Labute approximate surface area is 146 Å². The van der Waals surface area contributed by atoms with Crippen LogP contribution in [0.2, 0.25) is 0 Å². The van der Waals surface area contributed by atoms with Gasteiger partial charge in [0.2, 0.25) is 0 Å². The van der Waals surface area contributed by atoms with Crippen molar-refractivity contribution in [3.8, 4) is 5.75 Å². The molecule has 25 heavy (non-hydrogen) atoms. The molecule has 7 nitrogen and oxygen atoms in total. The Balaban J connectivity index is 1.63. The first-order chi connectivity index (χ1) is 12.1. The fraction of sp³-hybridized carbons (Fsp3) is 0.556. The summed E-state index contributed by atoms with van der Waals surface area (Å²) in [4.78, 5) is 25.3. The number of ether oxygens (including phenoxy) is 3. The van der Waals surface area contributed by atoms with E-state index in [-0.39, 0.29) is 25.0 Å². The van der Waals surface area contributed by atoms with Gasteiger partial charge in [-0.15, -0.1) is 0 Å². The zero-order valence-electron chi connectivity index (χ0n) is 14.1. The van der Waals surface area contributed by atoms with Crippen molar-refractivity contribution in [2.45, 2.75) is 31.4 Å². The SMILES string of the molecule is O=C(O)C[C@@H]1COCCN1C(=O)c1ccc(OC2CCOCC2)cc1. The number of nitrogens with zero attached hydrogens (tertiary/aromatic N) is 1. The Morgan fingerprint density at radius 2 is 1.84 bits per heavy atom. The number of hydrogen-bond acceptors (Lipinski definition) is 5. The minimum atomic E-state index is -0.937. The van der Waals surface area contributed by atoms with Crippen molar-refractivity contribution in [2.75, 3.05) is 33.0 Å². The maximum atomic E-state index is 12.7. The van der Waals surface area contributed by atoms with E-state index in [4.69, 9.17) is 19.3 Å². The van der Waals surface area contributed by atoms with Gasteiger partial charge in [-0.1, -0.05) is 0 Å². The second kappa shape index (κ2) is 8.31. The van der Waals surface area contributed by atoms with Gasteiger partial charge >= 0.3 is 5.97 Å². The Morgan fingerprint density at radius 1 is 1.12 bits per heavy atom. The van der Waals surface area contributed by atoms with Crippen LogP contribution in [-0.2, 0) is 14.3 Å². The molecule has 2 fully saturated rings. The molecule has 1 amide bonds. The van der Waals surface area contributed by atoms with E-state index in [1.54, 1.807) is 29.2 Å². The molecule has 2 heterocycles. The lowest BCUT2D eigenvalue weighted by molar-refractivity contribution is -0.139. The Bertz CT molecular complexity index is 596. The van der Waals surface area contributed by atoms with Gasteiger partial charge < -0.3 is 24.2 Å². The van der Waals surface area contributed by atoms with E-state index in [0.29, 0.717) is 31.9 Å². The van der Waals surface area contributed by atoms with E-state index in [2.05, 4.69) is 0 Å². The van der Waals surface area contributed by atoms with Crippen LogP contribution in [0.3, 0.4) is 0 Å². The highest BCUT2D eigenvalue weighted by Crippen LogP contribution is 2.21. The molecule has 2 aliphatic rings. The summed E-state index contributed by atoms with van der Waals surface area (Å²) in [5, 5.41) is 9.01. The molecule has 7 heteroatoms. The molecule has 0 bridgehead atoms. The maximum Gasteiger partial charge on any atom is 0.305 e. The van der Waals surface area contributed by atoms with E-state index < -0.39 is 12.0 Å². The van der Waals surface area contributed by atoms with Crippen molar-refractivity contribution in [3.05, 3.63) is 29.8 Å². The summed E-state index contributed by atoms with van der Waals surface area (Å²) in [6.45, 7) is 2.50. The average Bonchev–Trinajstić information content (AvgIpc) is 2.63. The lowest BCUT2D eigenvalue weighted by atomic mass is 10.1. The molecule has 1 N–H and O–H groups in total. The van der Waals surface area contributed by atoms with Crippen molar-refractivity contribution >= 4 is 11.9 Å². The Morgan fingerprint density at radius 3 is 2.52 bits per heavy atom. The lowest BCUT2D eigenvalue weighted by Crippen LogP contribution is -2.49. The van der Waals surface area contributed by atoms with Crippen LogP contribution in [-0.4, -0.2) is 67.0 Å². The van der Waals surface area contributed by atoms with Crippen LogP contribution in [0.5, 0.6) is 5.75 Å². The summed E-state index contributed by atoms with van der Waals surface area (Å²) in [6, 6.07) is 6.59. The summed E-state index contributed by atoms with van der Waals surface area (Å²) < 4.78 is 16.5. The fourth-order valence-electron chi connectivity index (χ4n) is 3.12. The third-order valence-corrected chi connectivity index (χ3v) is 4.47. The summed E-state index contributed by atoms with van der Waals surface area (Å²) >= 11 is 0. The molecule has 1 atom stereocenters. The number of carboxylic acids is 1. The second-order valence-electron chi connectivity index (χ2n) is 6.28. The molecule has 0 aliphatic carbocycles. The highest BCUT2D eigenvalue weighted by atomic mass is 16.5. The third kappa shape index (κ3) is 4.70. The van der Waals surface area contributed by atoms with Gasteiger partial charge in [0, 0.05) is 24.9 Å². The maximum absolute atomic E-state index is 12.7. The van der Waals surface area contributed by atoms with E-state index in [0.717, 1.165) is 18.6 Å². The number of rotatable bonds is 5. The number of hydrogen-bond donors (Lipinski definition) is 1. The first-order valence-corrected chi connectivity index (χ1v) is 8.58. The zero-order chi connectivity index (χ0) is 17.6. The van der Waals surface area contributed by atoms with Crippen LogP contribution in [0.4, 0.5) is 0 Å². The van der Waals surface area contributed by atoms with Crippen molar-refractivity contribution in [1.82, 2.24) is 4.90 Å². The lowest BCUT2D eigenvalue weighted by Gasteiger charge is -2.35. The van der Waals surface area contributed by atoms with Gasteiger partial charge in [0.25, 0.3) is 5.91 Å². The predicted octanol–water partition coefficient (Wildman–Crippen LogP) is 1.56. The topological polar surface area (TPSA) is 85.3 Å². The Kier molecular flexibility index (Phi) is 5.88. The molecule has 0 unspecified atom stereocenters. The summed E-state index contributed by atoms with van der Waals surface area (Å²) in [7, 11) is 0. The molecule has 3 rings (SSSR count). The van der Waals surface area contributed by atoms with E-state index in [1.165, 1.54) is 0 Å². The molecule has 0 spiro atoms. The molecule has 1 aromatic carbocycles. The van der Waals surface area contributed by atoms with Gasteiger partial charge in [0.1, 0.15) is 11.9 Å². The standard InChI is InChI=1S/C18H23NO6/c20-17(21)11-14-12-24-10-7-19(14)18(22)13-1-3-15(4-2-13)25-16-5-8-23-9-6-16/h1-4,14,16H,5-12H2,(H,20,21)/t14-/m1/s1. The van der Waals surface area contributed by atoms with Gasteiger partial charge in [0.05, 0.1) is 38.9 Å².